The van der Waals surface area contributed by atoms with Gasteiger partial charge in [0.15, 0.2) is 0 Å². The number of aromatic amines is 1. The van der Waals surface area contributed by atoms with Crippen molar-refractivity contribution in [1.29, 1.82) is 0 Å². The number of benzene rings is 1. The van der Waals surface area contributed by atoms with Crippen molar-refractivity contribution in [3.05, 3.63) is 28.8 Å². The Bertz CT molecular complexity index is 459. The number of nitrogens with two attached hydrogens (primary N) is 1. The fourth-order valence-electron chi connectivity index (χ4n) is 1.27. The van der Waals surface area contributed by atoms with Crippen molar-refractivity contribution in [2.75, 3.05) is 11.1 Å². The van der Waals surface area contributed by atoms with Crippen molar-refractivity contribution in [1.82, 2.24) is 15.2 Å². The van der Waals surface area contributed by atoms with Gasteiger partial charge in [-0.1, -0.05) is 11.6 Å². The third-order valence-electron chi connectivity index (χ3n) is 1.80. The number of nitrogen functional groups attached to an aromatic ring is 1. The van der Waals surface area contributed by atoms with Crippen LogP contribution in [0, 0.1) is 6.92 Å². The lowest BCUT2D eigenvalue weighted by atomic mass is 10.2. The largest absolute Gasteiger partial charge is 0.368 e. The smallest absolute Gasteiger partial charge is 0.248 e. The minimum Gasteiger partial charge on any atom is -0.368 e. The van der Waals surface area contributed by atoms with Gasteiger partial charge in [0, 0.05) is 10.7 Å². The third kappa shape index (κ3) is 2.38. The van der Waals surface area contributed by atoms with Crippen LogP contribution >= 0.6 is 11.6 Å². The number of H-pyrrole nitrogens is 1. The molecule has 0 radical (unpaired) electrons. The normalized spacial score (nSPS) is 10.3. The summed E-state index contributed by atoms with van der Waals surface area (Å²) in [4.78, 5) is 3.92. The first-order valence-corrected chi connectivity index (χ1v) is 4.73. The van der Waals surface area contributed by atoms with Crippen molar-refractivity contribution < 1.29 is 0 Å². The van der Waals surface area contributed by atoms with Gasteiger partial charge in [-0.05, 0) is 30.7 Å². The predicted octanol–water partition coefficient (Wildman–Crippen LogP) is 2.09. The van der Waals surface area contributed by atoms with Crippen LogP contribution in [0.5, 0.6) is 0 Å². The van der Waals surface area contributed by atoms with Gasteiger partial charge >= 0.3 is 0 Å². The van der Waals surface area contributed by atoms with Crippen LogP contribution in [-0.4, -0.2) is 15.2 Å². The molecule has 2 rings (SSSR count). The lowest BCUT2D eigenvalue weighted by Crippen LogP contribution is -1.93. The molecule has 0 amide bonds. The molecule has 15 heavy (non-hydrogen) atoms. The number of halogens is 1. The van der Waals surface area contributed by atoms with E-state index in [1.165, 1.54) is 0 Å². The molecular formula is C9H10ClN5. The van der Waals surface area contributed by atoms with E-state index in [9.17, 15) is 0 Å². The van der Waals surface area contributed by atoms with Crippen molar-refractivity contribution in [2.45, 2.75) is 6.92 Å². The van der Waals surface area contributed by atoms with Gasteiger partial charge in [0.25, 0.3) is 0 Å². The SMILES string of the molecule is Cc1cc(Cl)cc(Nc2n[nH]c(N)n2)c1. The molecule has 0 saturated carbocycles. The molecule has 6 heteroatoms. The predicted molar refractivity (Wildman–Crippen MR) is 60.3 cm³/mol. The zero-order chi connectivity index (χ0) is 10.8. The second-order valence-electron chi connectivity index (χ2n) is 3.19. The van der Waals surface area contributed by atoms with E-state index >= 15 is 0 Å². The Morgan fingerprint density at radius 3 is 2.80 bits per heavy atom. The van der Waals surface area contributed by atoms with Crippen LogP contribution in [0.15, 0.2) is 18.2 Å². The van der Waals surface area contributed by atoms with Gasteiger partial charge in [-0.3, -0.25) is 0 Å². The molecule has 4 N–H and O–H groups in total. The van der Waals surface area contributed by atoms with E-state index in [-0.39, 0.29) is 5.95 Å². The molecule has 1 aromatic carbocycles. The summed E-state index contributed by atoms with van der Waals surface area (Å²) in [5, 5.41) is 10.1. The Morgan fingerprint density at radius 2 is 2.20 bits per heavy atom. The van der Waals surface area contributed by atoms with E-state index in [4.69, 9.17) is 17.3 Å². The highest BCUT2D eigenvalue weighted by Gasteiger charge is 2.01. The minimum atomic E-state index is 0.274. The van der Waals surface area contributed by atoms with Gasteiger partial charge in [0.2, 0.25) is 11.9 Å². The van der Waals surface area contributed by atoms with Crippen molar-refractivity contribution >= 4 is 29.2 Å². The van der Waals surface area contributed by atoms with Gasteiger partial charge in [0.05, 0.1) is 0 Å². The number of anilines is 3. The summed E-state index contributed by atoms with van der Waals surface area (Å²) in [6, 6.07) is 5.61. The van der Waals surface area contributed by atoms with E-state index in [1.807, 2.05) is 19.1 Å². The zero-order valence-electron chi connectivity index (χ0n) is 8.08. The molecule has 0 saturated heterocycles. The molecule has 1 aromatic heterocycles. The zero-order valence-corrected chi connectivity index (χ0v) is 8.84. The average Bonchev–Trinajstić information content (AvgIpc) is 2.49. The summed E-state index contributed by atoms with van der Waals surface area (Å²) in [7, 11) is 0. The fourth-order valence-corrected chi connectivity index (χ4v) is 1.56. The molecule has 0 fully saturated rings. The standard InChI is InChI=1S/C9H10ClN5/c1-5-2-6(10)4-7(3-5)12-9-13-8(11)14-15-9/h2-4H,1H3,(H4,11,12,13,14,15). The first kappa shape index (κ1) is 9.79. The van der Waals surface area contributed by atoms with Crippen LogP contribution in [0.4, 0.5) is 17.6 Å². The van der Waals surface area contributed by atoms with Crippen LogP contribution in [0.1, 0.15) is 5.56 Å². The molecule has 1 heterocycles. The van der Waals surface area contributed by atoms with Crippen LogP contribution in [0.25, 0.3) is 0 Å². The van der Waals surface area contributed by atoms with Gasteiger partial charge < -0.3 is 11.1 Å². The molecule has 0 aliphatic heterocycles. The number of aromatic nitrogens is 3. The summed E-state index contributed by atoms with van der Waals surface area (Å²) in [6.07, 6.45) is 0. The van der Waals surface area contributed by atoms with E-state index in [0.29, 0.717) is 11.0 Å². The van der Waals surface area contributed by atoms with Crippen LogP contribution in [0.3, 0.4) is 0 Å². The van der Waals surface area contributed by atoms with E-state index in [2.05, 4.69) is 20.5 Å². The minimum absolute atomic E-state index is 0.274. The summed E-state index contributed by atoms with van der Waals surface area (Å²) >= 11 is 5.91. The number of hydrogen-bond donors (Lipinski definition) is 3. The molecule has 0 atom stereocenters. The quantitative estimate of drug-likeness (QED) is 0.728. The topological polar surface area (TPSA) is 79.6 Å². The van der Waals surface area contributed by atoms with Crippen molar-refractivity contribution in [3.8, 4) is 0 Å². The van der Waals surface area contributed by atoms with Crippen LogP contribution in [-0.2, 0) is 0 Å². The Morgan fingerprint density at radius 1 is 1.40 bits per heavy atom. The Hall–Kier alpha value is -1.75. The van der Waals surface area contributed by atoms with Crippen LogP contribution in [0.2, 0.25) is 5.02 Å². The summed E-state index contributed by atoms with van der Waals surface area (Å²) in [6.45, 7) is 1.96. The number of nitrogens with one attached hydrogen (secondary N) is 2. The van der Waals surface area contributed by atoms with E-state index in [1.54, 1.807) is 6.07 Å². The Labute approximate surface area is 91.7 Å². The Balaban J connectivity index is 2.24. The molecule has 0 bridgehead atoms. The second kappa shape index (κ2) is 3.78. The fraction of sp³-hybridized carbons (Fsp3) is 0.111. The second-order valence-corrected chi connectivity index (χ2v) is 3.62. The summed E-state index contributed by atoms with van der Waals surface area (Å²) in [5.41, 5.74) is 7.29. The molecule has 2 aromatic rings. The molecule has 78 valence electrons. The first-order valence-electron chi connectivity index (χ1n) is 4.35. The highest BCUT2D eigenvalue weighted by atomic mass is 35.5. The van der Waals surface area contributed by atoms with Gasteiger partial charge in [-0.2, -0.15) is 4.98 Å². The maximum atomic E-state index is 5.91. The molecule has 0 unspecified atom stereocenters. The monoisotopic (exact) mass is 223 g/mol. The number of aryl methyl sites for hydroxylation is 1. The molecule has 0 aliphatic rings. The van der Waals surface area contributed by atoms with E-state index in [0.717, 1.165) is 11.3 Å². The van der Waals surface area contributed by atoms with Crippen molar-refractivity contribution in [3.63, 3.8) is 0 Å². The summed E-state index contributed by atoms with van der Waals surface area (Å²) in [5.74, 6) is 0.699. The molecular weight excluding hydrogens is 214 g/mol. The maximum Gasteiger partial charge on any atom is 0.248 e. The van der Waals surface area contributed by atoms with Gasteiger partial charge in [-0.15, -0.1) is 5.10 Å². The average molecular weight is 224 g/mol. The highest BCUT2D eigenvalue weighted by Crippen LogP contribution is 2.20. The maximum absolute atomic E-state index is 5.91. The van der Waals surface area contributed by atoms with Crippen LogP contribution < -0.4 is 11.1 Å². The number of hydrogen-bond acceptors (Lipinski definition) is 4. The third-order valence-corrected chi connectivity index (χ3v) is 2.02. The highest BCUT2D eigenvalue weighted by molar-refractivity contribution is 6.30. The molecule has 0 spiro atoms. The van der Waals surface area contributed by atoms with Gasteiger partial charge in [0.1, 0.15) is 0 Å². The first-order chi connectivity index (χ1) is 7.13. The van der Waals surface area contributed by atoms with Crippen molar-refractivity contribution in [2.24, 2.45) is 0 Å². The number of nitrogens with zero attached hydrogens (tertiary/aromatic N) is 2. The molecule has 0 aliphatic carbocycles. The molecule has 5 nitrogen and oxygen atoms in total. The Kier molecular flexibility index (Phi) is 2.47. The van der Waals surface area contributed by atoms with Gasteiger partial charge in [-0.25, -0.2) is 5.10 Å². The lowest BCUT2D eigenvalue weighted by Gasteiger charge is -2.03. The van der Waals surface area contributed by atoms with E-state index < -0.39 is 0 Å². The summed E-state index contributed by atoms with van der Waals surface area (Å²) < 4.78 is 0. The number of rotatable bonds is 2. The lowest BCUT2D eigenvalue weighted by molar-refractivity contribution is 1.10.